The third kappa shape index (κ3) is 7.21. The molecule has 1 unspecified atom stereocenters. The largest absolute Gasteiger partial charge is 0.483 e. The Labute approximate surface area is 157 Å². The lowest BCUT2D eigenvalue weighted by Gasteiger charge is -2.41. The first-order chi connectivity index (χ1) is 12.6. The summed E-state index contributed by atoms with van der Waals surface area (Å²) in [6.45, 7) is 7.12. The fraction of sp³-hybridized carbons (Fsp3) is 0.895. The number of piperidine rings is 2. The molecule has 0 aliphatic carbocycles. The molecule has 1 amide bonds. The van der Waals surface area contributed by atoms with Crippen LogP contribution in [0.3, 0.4) is 0 Å². The van der Waals surface area contributed by atoms with Crippen LogP contribution >= 0.6 is 0 Å². The van der Waals surface area contributed by atoms with Crippen molar-refractivity contribution < 1.29 is 19.4 Å². The van der Waals surface area contributed by atoms with Crippen LogP contribution in [-0.2, 0) is 14.3 Å². The molecule has 3 aliphatic heterocycles. The maximum atomic E-state index is 12.0. The summed E-state index contributed by atoms with van der Waals surface area (Å²) in [5, 5.41) is 10.0. The fourth-order valence-electron chi connectivity index (χ4n) is 4.22. The molecule has 0 saturated carbocycles. The molecule has 26 heavy (non-hydrogen) atoms. The number of hydrogen-bond acceptors (Lipinski definition) is 5. The lowest BCUT2D eigenvalue weighted by Crippen LogP contribution is -2.48. The van der Waals surface area contributed by atoms with Gasteiger partial charge in [-0.2, -0.15) is 0 Å². The third-order valence-electron chi connectivity index (χ3n) is 5.94. The highest BCUT2D eigenvalue weighted by Crippen LogP contribution is 2.23. The molecular weight excluding hydrogens is 334 g/mol. The second kappa shape index (κ2) is 11.5. The summed E-state index contributed by atoms with van der Waals surface area (Å²) in [4.78, 5) is 25.5. The molecule has 0 aromatic rings. The zero-order valence-corrected chi connectivity index (χ0v) is 16.1. The standard InChI is InChI=1S/C18H33N3O2.CH2O2/c1-20-7-4-17(5-8-20)21-9-2-15(3-10-21)13-19-18(22)12-16-6-11-23-14-16;2-1-3/h15-17H,2-14H2,1H3,(H,19,22);1H,(H,2,3). The Morgan fingerprint density at radius 1 is 1.12 bits per heavy atom. The van der Waals surface area contributed by atoms with Crippen molar-refractivity contribution in [2.24, 2.45) is 11.8 Å². The lowest BCUT2D eigenvalue weighted by atomic mass is 9.93. The van der Waals surface area contributed by atoms with Crippen molar-refractivity contribution in [3.63, 3.8) is 0 Å². The number of carbonyl (C=O) groups excluding carboxylic acids is 1. The molecule has 3 saturated heterocycles. The minimum absolute atomic E-state index is 0.221. The van der Waals surface area contributed by atoms with Gasteiger partial charge in [-0.1, -0.05) is 0 Å². The predicted octanol–water partition coefficient (Wildman–Crippen LogP) is 1.04. The SMILES string of the molecule is CN1CCC(N2CCC(CNC(=O)CC3CCOC3)CC2)CC1.O=CO. The minimum Gasteiger partial charge on any atom is -0.483 e. The van der Waals surface area contributed by atoms with Gasteiger partial charge in [0.05, 0.1) is 0 Å². The van der Waals surface area contributed by atoms with Crippen LogP contribution in [0.15, 0.2) is 0 Å². The first-order valence-electron chi connectivity index (χ1n) is 9.97. The Morgan fingerprint density at radius 3 is 2.35 bits per heavy atom. The second-order valence-electron chi connectivity index (χ2n) is 7.86. The first kappa shape index (κ1) is 21.1. The lowest BCUT2D eigenvalue weighted by molar-refractivity contribution is -0.123. The molecule has 3 aliphatic rings. The average Bonchev–Trinajstić information content (AvgIpc) is 3.15. The molecule has 0 spiro atoms. The third-order valence-corrected chi connectivity index (χ3v) is 5.94. The molecule has 0 radical (unpaired) electrons. The molecule has 3 fully saturated rings. The van der Waals surface area contributed by atoms with Gasteiger partial charge in [-0.25, -0.2) is 0 Å². The van der Waals surface area contributed by atoms with Gasteiger partial charge in [0.25, 0.3) is 6.47 Å². The monoisotopic (exact) mass is 369 g/mol. The van der Waals surface area contributed by atoms with Crippen LogP contribution in [0.25, 0.3) is 0 Å². The van der Waals surface area contributed by atoms with E-state index in [1.54, 1.807) is 0 Å². The van der Waals surface area contributed by atoms with Crippen molar-refractivity contribution in [2.45, 2.75) is 44.6 Å². The van der Waals surface area contributed by atoms with Crippen molar-refractivity contribution >= 4 is 12.4 Å². The normalized spacial score (nSPS) is 26.1. The Hall–Kier alpha value is -1.18. The van der Waals surface area contributed by atoms with Gasteiger partial charge in [-0.05, 0) is 77.2 Å². The van der Waals surface area contributed by atoms with Crippen molar-refractivity contribution in [1.82, 2.24) is 15.1 Å². The van der Waals surface area contributed by atoms with Gasteiger partial charge in [0, 0.05) is 32.2 Å². The number of likely N-dealkylation sites (tertiary alicyclic amines) is 2. The Balaban J connectivity index is 0.000000758. The molecule has 7 heteroatoms. The van der Waals surface area contributed by atoms with E-state index in [2.05, 4.69) is 22.2 Å². The van der Waals surface area contributed by atoms with Crippen LogP contribution in [0.4, 0.5) is 0 Å². The van der Waals surface area contributed by atoms with E-state index >= 15 is 0 Å². The van der Waals surface area contributed by atoms with Gasteiger partial charge in [-0.3, -0.25) is 9.59 Å². The summed E-state index contributed by atoms with van der Waals surface area (Å²) >= 11 is 0. The molecule has 2 N–H and O–H groups in total. The van der Waals surface area contributed by atoms with Gasteiger partial charge in [-0.15, -0.1) is 0 Å². The van der Waals surface area contributed by atoms with Crippen LogP contribution in [0, 0.1) is 11.8 Å². The molecular formula is C19H35N3O4. The fourth-order valence-corrected chi connectivity index (χ4v) is 4.22. The minimum atomic E-state index is -0.250. The van der Waals surface area contributed by atoms with Crippen LogP contribution < -0.4 is 5.32 Å². The zero-order valence-electron chi connectivity index (χ0n) is 16.1. The van der Waals surface area contributed by atoms with E-state index in [0.29, 0.717) is 18.3 Å². The van der Waals surface area contributed by atoms with Crippen LogP contribution in [0.2, 0.25) is 0 Å². The average molecular weight is 370 g/mol. The van der Waals surface area contributed by atoms with E-state index in [0.717, 1.165) is 32.2 Å². The van der Waals surface area contributed by atoms with E-state index in [1.807, 2.05) is 0 Å². The maximum absolute atomic E-state index is 12.0. The smallest absolute Gasteiger partial charge is 0.290 e. The van der Waals surface area contributed by atoms with E-state index in [1.165, 1.54) is 51.9 Å². The second-order valence-corrected chi connectivity index (χ2v) is 7.86. The highest BCUT2D eigenvalue weighted by molar-refractivity contribution is 5.76. The van der Waals surface area contributed by atoms with Gasteiger partial charge in [0.1, 0.15) is 0 Å². The molecule has 0 aromatic heterocycles. The van der Waals surface area contributed by atoms with Crippen molar-refractivity contribution in [2.75, 3.05) is 53.0 Å². The molecule has 0 bridgehead atoms. The first-order valence-corrected chi connectivity index (χ1v) is 9.97. The summed E-state index contributed by atoms with van der Waals surface area (Å²) in [7, 11) is 2.23. The van der Waals surface area contributed by atoms with Crippen molar-refractivity contribution in [3.8, 4) is 0 Å². The van der Waals surface area contributed by atoms with Crippen molar-refractivity contribution in [3.05, 3.63) is 0 Å². The summed E-state index contributed by atoms with van der Waals surface area (Å²) in [6.07, 6.45) is 6.80. The molecule has 0 aromatic carbocycles. The number of rotatable bonds is 5. The summed E-state index contributed by atoms with van der Waals surface area (Å²) in [5.74, 6) is 1.33. The van der Waals surface area contributed by atoms with Gasteiger partial charge in [0.15, 0.2) is 0 Å². The van der Waals surface area contributed by atoms with E-state index in [4.69, 9.17) is 14.6 Å². The summed E-state index contributed by atoms with van der Waals surface area (Å²) in [5.41, 5.74) is 0. The van der Waals surface area contributed by atoms with Crippen LogP contribution in [0.1, 0.15) is 38.5 Å². The Morgan fingerprint density at radius 2 is 1.77 bits per heavy atom. The van der Waals surface area contributed by atoms with E-state index in [-0.39, 0.29) is 12.4 Å². The predicted molar refractivity (Wildman–Crippen MR) is 100 cm³/mol. The Bertz CT molecular complexity index is 413. The van der Waals surface area contributed by atoms with Gasteiger partial charge in [0.2, 0.25) is 5.91 Å². The van der Waals surface area contributed by atoms with Gasteiger partial charge >= 0.3 is 0 Å². The highest BCUT2D eigenvalue weighted by Gasteiger charge is 2.27. The van der Waals surface area contributed by atoms with E-state index in [9.17, 15) is 4.79 Å². The quantitative estimate of drug-likeness (QED) is 0.705. The van der Waals surface area contributed by atoms with Crippen LogP contribution in [0.5, 0.6) is 0 Å². The Kier molecular flexibility index (Phi) is 9.36. The number of nitrogens with zero attached hydrogens (tertiary/aromatic N) is 2. The van der Waals surface area contributed by atoms with Gasteiger partial charge < -0.3 is 25.0 Å². The topological polar surface area (TPSA) is 82.1 Å². The number of carboxylic acid groups (broad SMARTS) is 1. The summed E-state index contributed by atoms with van der Waals surface area (Å²) in [6, 6.07) is 0.795. The molecule has 7 nitrogen and oxygen atoms in total. The molecule has 1 atom stereocenters. The van der Waals surface area contributed by atoms with Crippen molar-refractivity contribution in [1.29, 1.82) is 0 Å². The number of hydrogen-bond donors (Lipinski definition) is 2. The highest BCUT2D eigenvalue weighted by atomic mass is 16.5. The number of nitrogens with one attached hydrogen (secondary N) is 1. The van der Waals surface area contributed by atoms with E-state index < -0.39 is 0 Å². The maximum Gasteiger partial charge on any atom is 0.290 e. The van der Waals surface area contributed by atoms with Crippen LogP contribution in [-0.4, -0.2) is 86.3 Å². The number of ether oxygens (including phenoxy) is 1. The number of carbonyl (C=O) groups is 2. The summed E-state index contributed by atoms with van der Waals surface area (Å²) < 4.78 is 5.34. The number of amides is 1. The molecule has 150 valence electrons. The zero-order chi connectivity index (χ0) is 18.8. The molecule has 3 rings (SSSR count). The molecule has 3 heterocycles.